The van der Waals surface area contributed by atoms with Crippen molar-refractivity contribution < 1.29 is 0 Å². The van der Waals surface area contributed by atoms with Crippen LogP contribution in [0, 0.1) is 0 Å². The molecule has 62 valence electrons. The Kier molecular flexibility index (Phi) is 3.08. The van der Waals surface area contributed by atoms with E-state index in [0.717, 1.165) is 25.8 Å². The maximum absolute atomic E-state index is 3.99. The number of hydrogen-bond acceptors (Lipinski definition) is 2. The molecular formula is C8H15N3. The van der Waals surface area contributed by atoms with Crippen molar-refractivity contribution in [3.8, 4) is 0 Å². The van der Waals surface area contributed by atoms with E-state index >= 15 is 0 Å². The average Bonchev–Trinajstić information content (AvgIpc) is 2.39. The molecule has 0 aliphatic heterocycles. The molecule has 0 spiro atoms. The first kappa shape index (κ1) is 8.24. The van der Waals surface area contributed by atoms with Crippen LogP contribution in [0.1, 0.15) is 32.4 Å². The third-order valence-electron chi connectivity index (χ3n) is 1.64. The fourth-order valence-electron chi connectivity index (χ4n) is 1.13. The lowest BCUT2D eigenvalue weighted by molar-refractivity contribution is 0.552. The van der Waals surface area contributed by atoms with Gasteiger partial charge in [0, 0.05) is 6.54 Å². The largest absolute Gasteiger partial charge is 0.249 e. The van der Waals surface area contributed by atoms with Crippen LogP contribution >= 0.6 is 0 Å². The van der Waals surface area contributed by atoms with E-state index in [1.807, 2.05) is 10.9 Å². The summed E-state index contributed by atoms with van der Waals surface area (Å²) in [4.78, 5) is 0. The zero-order valence-electron chi connectivity index (χ0n) is 7.25. The minimum Gasteiger partial charge on any atom is -0.249 e. The Balaban J connectivity index is 2.62. The van der Waals surface area contributed by atoms with Crippen molar-refractivity contribution >= 4 is 0 Å². The first-order chi connectivity index (χ1) is 5.38. The van der Waals surface area contributed by atoms with Crippen molar-refractivity contribution in [3.63, 3.8) is 0 Å². The van der Waals surface area contributed by atoms with Gasteiger partial charge in [-0.1, -0.05) is 25.5 Å². The zero-order valence-corrected chi connectivity index (χ0v) is 7.25. The predicted molar refractivity (Wildman–Crippen MR) is 44.3 cm³/mol. The van der Waals surface area contributed by atoms with E-state index in [9.17, 15) is 0 Å². The van der Waals surface area contributed by atoms with Gasteiger partial charge in [-0.2, -0.15) is 0 Å². The molecule has 3 nitrogen and oxygen atoms in total. The molecule has 0 saturated heterocycles. The van der Waals surface area contributed by atoms with Crippen LogP contribution in [0.3, 0.4) is 0 Å². The maximum atomic E-state index is 3.99. The number of aromatic nitrogens is 3. The van der Waals surface area contributed by atoms with Gasteiger partial charge >= 0.3 is 0 Å². The molecular weight excluding hydrogens is 138 g/mol. The van der Waals surface area contributed by atoms with Crippen molar-refractivity contribution in [1.29, 1.82) is 0 Å². The van der Waals surface area contributed by atoms with Gasteiger partial charge in [0.15, 0.2) is 0 Å². The van der Waals surface area contributed by atoms with E-state index in [0.29, 0.717) is 0 Å². The molecule has 0 aliphatic carbocycles. The fraction of sp³-hybridized carbons (Fsp3) is 0.750. The van der Waals surface area contributed by atoms with Crippen LogP contribution in [-0.2, 0) is 13.0 Å². The van der Waals surface area contributed by atoms with E-state index < -0.39 is 0 Å². The molecule has 1 aromatic rings. The normalized spacial score (nSPS) is 10.4. The summed E-state index contributed by atoms with van der Waals surface area (Å²) in [5.74, 6) is 0. The lowest BCUT2D eigenvalue weighted by Gasteiger charge is -2.01. The second kappa shape index (κ2) is 4.11. The topological polar surface area (TPSA) is 30.7 Å². The molecule has 11 heavy (non-hydrogen) atoms. The molecule has 0 N–H and O–H groups in total. The van der Waals surface area contributed by atoms with Gasteiger partial charge in [-0.25, -0.2) is 4.68 Å². The second-order valence-electron chi connectivity index (χ2n) is 2.70. The molecule has 1 aromatic heterocycles. The van der Waals surface area contributed by atoms with Crippen LogP contribution in [0.25, 0.3) is 0 Å². The summed E-state index contributed by atoms with van der Waals surface area (Å²) < 4.78 is 1.99. The Morgan fingerprint density at radius 3 is 2.82 bits per heavy atom. The lowest BCUT2D eigenvalue weighted by atomic mass is 10.3. The molecule has 0 unspecified atom stereocenters. The Hall–Kier alpha value is -0.860. The van der Waals surface area contributed by atoms with E-state index in [1.165, 1.54) is 5.69 Å². The van der Waals surface area contributed by atoms with Gasteiger partial charge in [0.1, 0.15) is 0 Å². The van der Waals surface area contributed by atoms with Gasteiger partial charge in [-0.05, 0) is 12.8 Å². The first-order valence-corrected chi connectivity index (χ1v) is 4.25. The van der Waals surface area contributed by atoms with Crippen molar-refractivity contribution in [2.75, 3.05) is 0 Å². The quantitative estimate of drug-likeness (QED) is 0.658. The van der Waals surface area contributed by atoms with Crippen LogP contribution < -0.4 is 0 Å². The van der Waals surface area contributed by atoms with Crippen molar-refractivity contribution in [2.24, 2.45) is 0 Å². The molecule has 3 heteroatoms. The fourth-order valence-corrected chi connectivity index (χ4v) is 1.13. The summed E-state index contributed by atoms with van der Waals surface area (Å²) in [5.41, 5.74) is 1.26. The minimum absolute atomic E-state index is 0.995. The average molecular weight is 153 g/mol. The Bertz CT molecular complexity index is 184. The highest BCUT2D eigenvalue weighted by Crippen LogP contribution is 2.00. The van der Waals surface area contributed by atoms with Crippen LogP contribution in [0.5, 0.6) is 0 Å². The summed E-state index contributed by atoms with van der Waals surface area (Å²) in [7, 11) is 0. The standard InChI is InChI=1S/C8H15N3/c1-3-5-8-7-9-10-11(8)6-4-2/h7H,3-6H2,1-2H3. The van der Waals surface area contributed by atoms with Gasteiger partial charge in [0.25, 0.3) is 0 Å². The van der Waals surface area contributed by atoms with Crippen LogP contribution in [-0.4, -0.2) is 15.0 Å². The van der Waals surface area contributed by atoms with Crippen LogP contribution in [0.15, 0.2) is 6.20 Å². The first-order valence-electron chi connectivity index (χ1n) is 4.25. The van der Waals surface area contributed by atoms with Gasteiger partial charge in [-0.15, -0.1) is 5.10 Å². The lowest BCUT2D eigenvalue weighted by Crippen LogP contribution is -2.03. The third-order valence-corrected chi connectivity index (χ3v) is 1.64. The third kappa shape index (κ3) is 2.03. The highest BCUT2D eigenvalue weighted by atomic mass is 15.4. The van der Waals surface area contributed by atoms with Gasteiger partial charge in [0.05, 0.1) is 11.9 Å². The zero-order chi connectivity index (χ0) is 8.10. The van der Waals surface area contributed by atoms with Crippen molar-refractivity contribution in [3.05, 3.63) is 11.9 Å². The summed E-state index contributed by atoms with van der Waals surface area (Å²) >= 11 is 0. The van der Waals surface area contributed by atoms with Gasteiger partial charge < -0.3 is 0 Å². The maximum Gasteiger partial charge on any atom is 0.0725 e. The molecule has 0 aromatic carbocycles. The van der Waals surface area contributed by atoms with Crippen LogP contribution in [0.4, 0.5) is 0 Å². The van der Waals surface area contributed by atoms with Crippen molar-refractivity contribution in [1.82, 2.24) is 15.0 Å². The summed E-state index contributed by atoms with van der Waals surface area (Å²) in [6.07, 6.45) is 5.24. The van der Waals surface area contributed by atoms with Crippen LogP contribution in [0.2, 0.25) is 0 Å². The minimum atomic E-state index is 0.995. The Morgan fingerprint density at radius 2 is 2.18 bits per heavy atom. The molecule has 0 saturated carbocycles. The number of hydrogen-bond donors (Lipinski definition) is 0. The molecule has 0 bridgehead atoms. The Morgan fingerprint density at radius 1 is 1.36 bits per heavy atom. The van der Waals surface area contributed by atoms with Gasteiger partial charge in [-0.3, -0.25) is 0 Å². The molecule has 0 atom stereocenters. The molecule has 1 rings (SSSR count). The molecule has 0 aliphatic rings. The van der Waals surface area contributed by atoms with E-state index in [-0.39, 0.29) is 0 Å². The Labute approximate surface area is 67.4 Å². The van der Waals surface area contributed by atoms with Gasteiger partial charge in [0.2, 0.25) is 0 Å². The smallest absolute Gasteiger partial charge is 0.0725 e. The summed E-state index contributed by atoms with van der Waals surface area (Å²) in [6.45, 7) is 5.32. The highest BCUT2D eigenvalue weighted by molar-refractivity contribution is 4.93. The number of nitrogens with zero attached hydrogens (tertiary/aromatic N) is 3. The predicted octanol–water partition coefficient (Wildman–Crippen LogP) is 1.64. The molecule has 0 radical (unpaired) electrons. The van der Waals surface area contributed by atoms with Crippen molar-refractivity contribution in [2.45, 2.75) is 39.7 Å². The van der Waals surface area contributed by atoms with E-state index in [1.54, 1.807) is 0 Å². The number of rotatable bonds is 4. The number of aryl methyl sites for hydroxylation is 2. The second-order valence-corrected chi connectivity index (χ2v) is 2.70. The highest BCUT2D eigenvalue weighted by Gasteiger charge is 1.99. The van der Waals surface area contributed by atoms with E-state index in [2.05, 4.69) is 24.2 Å². The molecule has 0 fully saturated rings. The summed E-state index contributed by atoms with van der Waals surface area (Å²) in [5, 5.41) is 7.86. The van der Waals surface area contributed by atoms with E-state index in [4.69, 9.17) is 0 Å². The SMILES string of the molecule is CCCc1cnnn1CCC. The molecule has 0 amide bonds. The molecule has 1 heterocycles. The monoisotopic (exact) mass is 153 g/mol. The summed E-state index contributed by atoms with van der Waals surface area (Å²) in [6, 6.07) is 0.